The molecule has 13 heavy (non-hydrogen) atoms. The average molecular weight is 193 g/mol. The van der Waals surface area contributed by atoms with Crippen molar-refractivity contribution in [2.45, 2.75) is 13.1 Å². The van der Waals surface area contributed by atoms with Crippen LogP contribution in [0.25, 0.3) is 0 Å². The third kappa shape index (κ3) is 1.91. The van der Waals surface area contributed by atoms with Crippen LogP contribution in [0.1, 0.15) is 11.1 Å². The van der Waals surface area contributed by atoms with Gasteiger partial charge < -0.3 is 5.73 Å². The Labute approximate surface area is 72.2 Å². The van der Waals surface area contributed by atoms with Crippen molar-refractivity contribution in [3.63, 3.8) is 0 Å². The fourth-order valence-electron chi connectivity index (χ4n) is 0.942. The number of halogens is 4. The molecule has 0 unspecified atom stereocenters. The molecule has 0 aliphatic heterocycles. The van der Waals surface area contributed by atoms with E-state index in [9.17, 15) is 17.6 Å². The van der Waals surface area contributed by atoms with E-state index in [-0.39, 0.29) is 5.56 Å². The molecule has 1 nitrogen and oxygen atoms in total. The fraction of sp³-hybridized carbons (Fsp3) is 0.250. The van der Waals surface area contributed by atoms with Gasteiger partial charge in [-0.05, 0) is 24.6 Å². The minimum absolute atomic E-state index is 0.0680. The molecule has 1 rings (SSSR count). The predicted molar refractivity (Wildman–Crippen MR) is 40.6 cm³/mol. The van der Waals surface area contributed by atoms with Gasteiger partial charge in [-0.1, -0.05) is 0 Å². The number of rotatable bonds is 0. The normalized spacial score (nSPS) is 11.8. The molecule has 5 heteroatoms. The van der Waals surface area contributed by atoms with E-state index in [0.29, 0.717) is 12.1 Å². The van der Waals surface area contributed by atoms with Crippen LogP contribution in [0.3, 0.4) is 0 Å². The van der Waals surface area contributed by atoms with E-state index in [1.807, 2.05) is 0 Å². The largest absolute Gasteiger partial charge is 0.418 e. The van der Waals surface area contributed by atoms with Gasteiger partial charge in [0.05, 0.1) is 5.56 Å². The third-order valence-electron chi connectivity index (χ3n) is 1.64. The lowest BCUT2D eigenvalue weighted by atomic mass is 10.1. The Morgan fingerprint density at radius 3 is 2.23 bits per heavy atom. The number of alkyl halides is 3. The lowest BCUT2D eigenvalue weighted by Crippen LogP contribution is -2.09. The summed E-state index contributed by atoms with van der Waals surface area (Å²) in [5.41, 5.74) is 3.37. The summed E-state index contributed by atoms with van der Waals surface area (Å²) in [4.78, 5) is 0. The topological polar surface area (TPSA) is 26.0 Å². The zero-order chi connectivity index (χ0) is 10.2. The average Bonchev–Trinajstić information content (AvgIpc) is 1.94. The number of nitrogen functional groups attached to an aromatic ring is 1. The highest BCUT2D eigenvalue weighted by Crippen LogP contribution is 2.34. The van der Waals surface area contributed by atoms with Gasteiger partial charge in [-0.25, -0.2) is 4.39 Å². The van der Waals surface area contributed by atoms with E-state index in [1.54, 1.807) is 0 Å². The molecule has 2 N–H and O–H groups in total. The van der Waals surface area contributed by atoms with Gasteiger partial charge in [0.1, 0.15) is 5.82 Å². The first-order valence-electron chi connectivity index (χ1n) is 3.45. The van der Waals surface area contributed by atoms with Crippen molar-refractivity contribution in [1.29, 1.82) is 0 Å². The summed E-state index contributed by atoms with van der Waals surface area (Å²) in [7, 11) is 0. The molecule has 0 bridgehead atoms. The highest BCUT2D eigenvalue weighted by atomic mass is 19.4. The highest BCUT2D eigenvalue weighted by molar-refractivity contribution is 5.50. The molecule has 0 amide bonds. The molecule has 0 radical (unpaired) electrons. The molecule has 0 heterocycles. The highest BCUT2D eigenvalue weighted by Gasteiger charge is 2.33. The molecule has 72 valence electrons. The SMILES string of the molecule is Cc1cc(C(F)(F)F)c(N)cc1F. The minimum atomic E-state index is -4.53. The Kier molecular flexibility index (Phi) is 2.19. The smallest absolute Gasteiger partial charge is 0.398 e. The second-order valence-electron chi connectivity index (χ2n) is 2.69. The zero-order valence-corrected chi connectivity index (χ0v) is 6.74. The van der Waals surface area contributed by atoms with Crippen LogP contribution in [0.5, 0.6) is 0 Å². The molecule has 0 aliphatic carbocycles. The van der Waals surface area contributed by atoms with E-state index in [2.05, 4.69) is 0 Å². The van der Waals surface area contributed by atoms with Crippen LogP contribution in [-0.4, -0.2) is 0 Å². The van der Waals surface area contributed by atoms with E-state index < -0.39 is 23.2 Å². The Morgan fingerprint density at radius 2 is 1.77 bits per heavy atom. The van der Waals surface area contributed by atoms with Crippen LogP contribution in [0.2, 0.25) is 0 Å². The van der Waals surface area contributed by atoms with Crippen molar-refractivity contribution in [3.8, 4) is 0 Å². The van der Waals surface area contributed by atoms with Crippen molar-refractivity contribution in [2.24, 2.45) is 0 Å². The summed E-state index contributed by atoms with van der Waals surface area (Å²) in [6.45, 7) is 1.25. The number of nitrogens with two attached hydrogens (primary N) is 1. The van der Waals surface area contributed by atoms with Crippen LogP contribution in [-0.2, 0) is 6.18 Å². The monoisotopic (exact) mass is 193 g/mol. The summed E-state index contributed by atoms with van der Waals surface area (Å²) in [6, 6.07) is 1.38. The van der Waals surface area contributed by atoms with Crippen LogP contribution < -0.4 is 5.73 Å². The van der Waals surface area contributed by atoms with Gasteiger partial charge in [0.15, 0.2) is 0 Å². The van der Waals surface area contributed by atoms with E-state index in [0.717, 1.165) is 0 Å². The quantitative estimate of drug-likeness (QED) is 0.497. The Morgan fingerprint density at radius 1 is 1.23 bits per heavy atom. The lowest BCUT2D eigenvalue weighted by molar-refractivity contribution is -0.137. The molecule has 0 saturated carbocycles. The van der Waals surface area contributed by atoms with E-state index >= 15 is 0 Å². The van der Waals surface area contributed by atoms with Crippen LogP contribution in [0.15, 0.2) is 12.1 Å². The van der Waals surface area contributed by atoms with Gasteiger partial charge >= 0.3 is 6.18 Å². The molecule has 0 aliphatic rings. The summed E-state index contributed by atoms with van der Waals surface area (Å²) in [5, 5.41) is 0. The van der Waals surface area contributed by atoms with Crippen LogP contribution in [0.4, 0.5) is 23.2 Å². The predicted octanol–water partition coefficient (Wildman–Crippen LogP) is 2.74. The molecule has 1 aromatic rings. The molecule has 0 spiro atoms. The maximum atomic E-state index is 12.7. The maximum absolute atomic E-state index is 12.7. The summed E-state index contributed by atoms with van der Waals surface area (Å²) in [6.07, 6.45) is -4.53. The van der Waals surface area contributed by atoms with Gasteiger partial charge in [0, 0.05) is 5.69 Å². The fourth-order valence-corrected chi connectivity index (χ4v) is 0.942. The van der Waals surface area contributed by atoms with Gasteiger partial charge in [-0.15, -0.1) is 0 Å². The van der Waals surface area contributed by atoms with Gasteiger partial charge in [-0.3, -0.25) is 0 Å². The number of anilines is 1. The number of hydrogen-bond donors (Lipinski definition) is 1. The van der Waals surface area contributed by atoms with Crippen LogP contribution in [0, 0.1) is 12.7 Å². The van der Waals surface area contributed by atoms with Crippen LogP contribution >= 0.6 is 0 Å². The van der Waals surface area contributed by atoms with E-state index in [1.165, 1.54) is 6.92 Å². The second-order valence-corrected chi connectivity index (χ2v) is 2.69. The van der Waals surface area contributed by atoms with Crippen molar-refractivity contribution < 1.29 is 17.6 Å². The van der Waals surface area contributed by atoms with E-state index in [4.69, 9.17) is 5.73 Å². The Bertz CT molecular complexity index is 330. The summed E-state index contributed by atoms with van der Waals surface area (Å²) in [5.74, 6) is -0.731. The molecule has 1 aromatic carbocycles. The molecule has 0 fully saturated rings. The molecular formula is C8H7F4N. The van der Waals surface area contributed by atoms with Crippen molar-refractivity contribution >= 4 is 5.69 Å². The number of benzene rings is 1. The maximum Gasteiger partial charge on any atom is 0.418 e. The number of hydrogen-bond acceptors (Lipinski definition) is 1. The first-order chi connectivity index (χ1) is 5.82. The Hall–Kier alpha value is -1.26. The summed E-state index contributed by atoms with van der Waals surface area (Å²) >= 11 is 0. The number of aryl methyl sites for hydroxylation is 1. The van der Waals surface area contributed by atoms with Gasteiger partial charge in [0.2, 0.25) is 0 Å². The Balaban J connectivity index is 3.32. The second kappa shape index (κ2) is 2.90. The molecule has 0 aromatic heterocycles. The molecule has 0 atom stereocenters. The van der Waals surface area contributed by atoms with Crippen molar-refractivity contribution in [2.75, 3.05) is 5.73 Å². The molecule has 0 saturated heterocycles. The summed E-state index contributed by atoms with van der Waals surface area (Å²) < 4.78 is 49.2. The van der Waals surface area contributed by atoms with Crippen molar-refractivity contribution in [1.82, 2.24) is 0 Å². The standard InChI is InChI=1S/C8H7F4N/c1-4-2-5(8(10,11)12)7(13)3-6(4)9/h2-3H,13H2,1H3. The minimum Gasteiger partial charge on any atom is -0.398 e. The zero-order valence-electron chi connectivity index (χ0n) is 6.74. The lowest BCUT2D eigenvalue weighted by Gasteiger charge is -2.10. The first-order valence-corrected chi connectivity index (χ1v) is 3.45. The first kappa shape index (κ1) is 9.83. The third-order valence-corrected chi connectivity index (χ3v) is 1.64. The molecular weight excluding hydrogens is 186 g/mol. The van der Waals surface area contributed by atoms with Crippen molar-refractivity contribution in [3.05, 3.63) is 29.1 Å². The van der Waals surface area contributed by atoms with Gasteiger partial charge in [0.25, 0.3) is 0 Å². The van der Waals surface area contributed by atoms with Gasteiger partial charge in [-0.2, -0.15) is 13.2 Å².